The molecule has 3 aromatic rings. The summed E-state index contributed by atoms with van der Waals surface area (Å²) >= 11 is 0. The standard InChI is InChI=1S/C35H39F2N5O3/c1-2-19-5-3-6-20-11-23(43)12-24(29(19)20)25-13-28-30-32(31(25)37)39-34(45-18-35-9-4-10-41(35)15-21(36)14-35)40-33(30)42-16-22-7-8-26(38-22)27(42)17-44-28/h3,5-6,11,13,21-23,26-27,38,43H,2,4,7-10,12,14-18H2,1H3/t21-,22?,23?,26-,27+,35-/m1/s1. The molecule has 2 N–H and O–H groups in total. The Kier molecular flexibility index (Phi) is 6.41. The summed E-state index contributed by atoms with van der Waals surface area (Å²) < 4.78 is 44.6. The molecule has 6 aliphatic rings. The number of alkyl halides is 1. The first-order valence-corrected chi connectivity index (χ1v) is 16.6. The van der Waals surface area contributed by atoms with E-state index in [1.807, 2.05) is 18.2 Å². The zero-order valence-corrected chi connectivity index (χ0v) is 25.6. The molecule has 0 spiro atoms. The fourth-order valence-electron chi connectivity index (χ4n) is 9.22. The molecule has 2 aromatic carbocycles. The largest absolute Gasteiger partial charge is 0.491 e. The van der Waals surface area contributed by atoms with Gasteiger partial charge in [-0.25, -0.2) is 8.78 Å². The van der Waals surface area contributed by atoms with Gasteiger partial charge in [0.2, 0.25) is 0 Å². The number of nitrogens with zero attached hydrogens (tertiary/aromatic N) is 4. The number of halogens is 2. The van der Waals surface area contributed by atoms with Crippen molar-refractivity contribution in [2.24, 2.45) is 0 Å². The first-order valence-electron chi connectivity index (χ1n) is 16.6. The highest BCUT2D eigenvalue weighted by molar-refractivity contribution is 5.98. The van der Waals surface area contributed by atoms with Crippen molar-refractivity contribution >= 4 is 28.4 Å². The van der Waals surface area contributed by atoms with Crippen molar-refractivity contribution in [3.63, 3.8) is 0 Å². The molecule has 4 fully saturated rings. The fourth-order valence-corrected chi connectivity index (χ4v) is 9.22. The average molecular weight is 616 g/mol. The highest BCUT2D eigenvalue weighted by Gasteiger charge is 2.50. The van der Waals surface area contributed by atoms with Crippen molar-refractivity contribution in [2.45, 2.75) is 87.8 Å². The van der Waals surface area contributed by atoms with Gasteiger partial charge in [0.15, 0.2) is 5.82 Å². The van der Waals surface area contributed by atoms with Crippen molar-refractivity contribution in [1.82, 2.24) is 20.2 Å². The maximum atomic E-state index is 17.1. The Morgan fingerprint density at radius 3 is 3.02 bits per heavy atom. The van der Waals surface area contributed by atoms with Crippen LogP contribution in [0.4, 0.5) is 14.6 Å². The van der Waals surface area contributed by atoms with E-state index in [1.54, 1.807) is 6.07 Å². The van der Waals surface area contributed by atoms with E-state index in [1.165, 1.54) is 0 Å². The van der Waals surface area contributed by atoms with Crippen LogP contribution in [-0.4, -0.2) is 88.8 Å². The van der Waals surface area contributed by atoms with E-state index in [0.717, 1.165) is 66.8 Å². The van der Waals surface area contributed by atoms with Gasteiger partial charge in [0.05, 0.1) is 23.1 Å². The molecule has 10 heteroatoms. The second kappa shape index (κ2) is 10.3. The maximum Gasteiger partial charge on any atom is 0.319 e. The van der Waals surface area contributed by atoms with Crippen molar-refractivity contribution in [3.8, 4) is 11.8 Å². The number of hydrogen-bond donors (Lipinski definition) is 2. The van der Waals surface area contributed by atoms with Gasteiger partial charge < -0.3 is 24.8 Å². The highest BCUT2D eigenvalue weighted by atomic mass is 19.1. The fraction of sp³-hybridized carbons (Fsp3) is 0.543. The lowest BCUT2D eigenvalue weighted by Crippen LogP contribution is -2.60. The Labute approximate surface area is 260 Å². The summed E-state index contributed by atoms with van der Waals surface area (Å²) in [7, 11) is 0. The Balaban J connectivity index is 1.24. The number of aliphatic hydroxyl groups is 1. The van der Waals surface area contributed by atoms with E-state index in [9.17, 15) is 9.50 Å². The van der Waals surface area contributed by atoms with Crippen molar-refractivity contribution in [1.29, 1.82) is 0 Å². The molecule has 2 bridgehead atoms. The van der Waals surface area contributed by atoms with Crippen LogP contribution in [0.1, 0.15) is 56.6 Å². The zero-order valence-electron chi connectivity index (χ0n) is 25.6. The third-order valence-corrected chi connectivity index (χ3v) is 11.3. The number of aliphatic hydroxyl groups excluding tert-OH is 1. The quantitative estimate of drug-likeness (QED) is 0.454. The molecule has 0 amide bonds. The number of nitrogens with one attached hydrogen (secondary N) is 1. The summed E-state index contributed by atoms with van der Waals surface area (Å²) in [6.45, 7) is 4.84. The topological polar surface area (TPSA) is 83.0 Å². The molecule has 0 radical (unpaired) electrons. The van der Waals surface area contributed by atoms with Crippen LogP contribution in [0.5, 0.6) is 11.8 Å². The maximum absolute atomic E-state index is 17.1. The molecule has 6 heterocycles. The molecule has 9 rings (SSSR count). The van der Waals surface area contributed by atoms with E-state index in [4.69, 9.17) is 19.4 Å². The molecule has 236 valence electrons. The van der Waals surface area contributed by atoms with Gasteiger partial charge in [-0.2, -0.15) is 9.97 Å². The summed E-state index contributed by atoms with van der Waals surface area (Å²) in [5, 5.41) is 17.0. The molecule has 6 atom stereocenters. The van der Waals surface area contributed by atoms with Gasteiger partial charge in [0.25, 0.3) is 0 Å². The third kappa shape index (κ3) is 4.32. The number of piperazine rings is 1. The number of hydrogen-bond acceptors (Lipinski definition) is 8. The molecule has 1 aromatic heterocycles. The first kappa shape index (κ1) is 27.9. The first-order chi connectivity index (χ1) is 21.9. The number of aryl methyl sites for hydroxylation is 1. The van der Waals surface area contributed by atoms with Crippen LogP contribution in [0.25, 0.3) is 22.6 Å². The van der Waals surface area contributed by atoms with E-state index in [-0.39, 0.29) is 35.8 Å². The average Bonchev–Trinajstić information content (AvgIpc) is 3.67. The van der Waals surface area contributed by atoms with Gasteiger partial charge in [-0.05, 0) is 72.4 Å². The van der Waals surface area contributed by atoms with Crippen LogP contribution >= 0.6 is 0 Å². The number of ether oxygens (including phenoxy) is 2. The van der Waals surface area contributed by atoms with Gasteiger partial charge in [0.1, 0.15) is 36.5 Å². The summed E-state index contributed by atoms with van der Waals surface area (Å²) in [4.78, 5) is 14.2. The molecule has 1 aliphatic carbocycles. The van der Waals surface area contributed by atoms with Crippen LogP contribution < -0.4 is 30.1 Å². The molecule has 4 saturated heterocycles. The van der Waals surface area contributed by atoms with Gasteiger partial charge >= 0.3 is 6.01 Å². The molecular weight excluding hydrogens is 576 g/mol. The summed E-state index contributed by atoms with van der Waals surface area (Å²) in [6.07, 6.45) is 5.76. The summed E-state index contributed by atoms with van der Waals surface area (Å²) in [5.74, 6) is 0.731. The van der Waals surface area contributed by atoms with Crippen molar-refractivity contribution < 1.29 is 23.4 Å². The Morgan fingerprint density at radius 2 is 2.13 bits per heavy atom. The highest BCUT2D eigenvalue weighted by Crippen LogP contribution is 2.45. The monoisotopic (exact) mass is 615 g/mol. The Bertz CT molecular complexity index is 1840. The van der Waals surface area contributed by atoms with Gasteiger partial charge in [0, 0.05) is 43.6 Å². The summed E-state index contributed by atoms with van der Waals surface area (Å²) in [5.41, 5.74) is 2.03. The van der Waals surface area contributed by atoms with Crippen LogP contribution in [0.2, 0.25) is 0 Å². The minimum Gasteiger partial charge on any atom is -0.491 e. The normalized spacial score (nSPS) is 31.7. The lowest BCUT2D eigenvalue weighted by atomic mass is 9.88. The second-order valence-corrected chi connectivity index (χ2v) is 13.9. The van der Waals surface area contributed by atoms with Crippen molar-refractivity contribution in [2.75, 3.05) is 37.7 Å². The summed E-state index contributed by atoms with van der Waals surface area (Å²) in [6, 6.07) is 8.56. The molecule has 0 saturated carbocycles. The van der Waals surface area contributed by atoms with Gasteiger partial charge in [-0.3, -0.25) is 4.90 Å². The molecule has 8 nitrogen and oxygen atoms in total. The molecule has 5 aliphatic heterocycles. The van der Waals surface area contributed by atoms with Crippen LogP contribution in [0.3, 0.4) is 0 Å². The van der Waals surface area contributed by atoms with E-state index < -0.39 is 18.1 Å². The Hall–Kier alpha value is -3.34. The van der Waals surface area contributed by atoms with E-state index in [2.05, 4.69) is 28.1 Å². The number of anilines is 1. The number of benzene rings is 2. The van der Waals surface area contributed by atoms with Gasteiger partial charge in [-0.15, -0.1) is 0 Å². The smallest absolute Gasteiger partial charge is 0.319 e. The molecular formula is C35H39F2N5O3. The SMILES string of the molecule is CCc1cccc2c1=C(c1cc3c4c(nc(OC[C@]56CCCN5C[C@H](F)C6)nc4c1F)N1CC4CC[C@@H](N4)[C@@H]1CO3)CC(O)C=2. The minimum absolute atomic E-state index is 0.0332. The number of fused-ring (bicyclic) bond motifs is 7. The predicted molar refractivity (Wildman–Crippen MR) is 167 cm³/mol. The lowest BCUT2D eigenvalue weighted by Gasteiger charge is -2.40. The number of rotatable bonds is 5. The van der Waals surface area contributed by atoms with Crippen LogP contribution in [0.15, 0.2) is 24.3 Å². The molecule has 2 unspecified atom stereocenters. The third-order valence-electron chi connectivity index (χ3n) is 11.3. The predicted octanol–water partition coefficient (Wildman–Crippen LogP) is 2.73. The minimum atomic E-state index is -0.871. The van der Waals surface area contributed by atoms with Crippen LogP contribution in [-0.2, 0) is 6.42 Å². The van der Waals surface area contributed by atoms with E-state index in [0.29, 0.717) is 54.6 Å². The lowest BCUT2D eigenvalue weighted by molar-refractivity contribution is 0.107. The van der Waals surface area contributed by atoms with Gasteiger partial charge in [-0.1, -0.05) is 25.1 Å². The Morgan fingerprint density at radius 1 is 1.22 bits per heavy atom. The van der Waals surface area contributed by atoms with Crippen molar-refractivity contribution in [3.05, 3.63) is 51.6 Å². The zero-order chi connectivity index (χ0) is 30.4. The molecule has 45 heavy (non-hydrogen) atoms. The second-order valence-electron chi connectivity index (χ2n) is 13.9. The number of aromatic nitrogens is 2. The van der Waals surface area contributed by atoms with Crippen LogP contribution in [0, 0.1) is 5.82 Å². The van der Waals surface area contributed by atoms with E-state index >= 15 is 4.39 Å².